The third-order valence-electron chi connectivity index (χ3n) is 4.77. The molecular weight excluding hydrogens is 452 g/mol. The average molecular weight is 485 g/mol. The van der Waals surface area contributed by atoms with E-state index in [1.54, 1.807) is 48.6 Å². The number of ether oxygens (including phenoxy) is 4. The second-order valence-electron chi connectivity index (χ2n) is 7.45. The summed E-state index contributed by atoms with van der Waals surface area (Å²) >= 11 is 0. The van der Waals surface area contributed by atoms with Gasteiger partial charge in [0.1, 0.15) is 0 Å². The average Bonchev–Trinajstić information content (AvgIpc) is 2.87. The highest BCUT2D eigenvalue weighted by molar-refractivity contribution is 6.10. The van der Waals surface area contributed by atoms with Gasteiger partial charge in [0.25, 0.3) is 0 Å². The number of aliphatic hydroxyl groups excluding tert-OH is 2. The molecule has 0 aliphatic heterocycles. The van der Waals surface area contributed by atoms with Crippen LogP contribution in [0.4, 0.5) is 0 Å². The fraction of sp³-hybridized carbons (Fsp3) is 0.333. The molecule has 0 saturated carbocycles. The predicted molar refractivity (Wildman–Crippen MR) is 133 cm³/mol. The van der Waals surface area contributed by atoms with Crippen LogP contribution >= 0.6 is 0 Å². The van der Waals surface area contributed by atoms with Crippen LogP contribution in [0.25, 0.3) is 12.2 Å². The van der Waals surface area contributed by atoms with Gasteiger partial charge in [0.05, 0.1) is 33.9 Å². The van der Waals surface area contributed by atoms with Crippen molar-refractivity contribution in [3.63, 3.8) is 0 Å². The van der Waals surface area contributed by atoms with Crippen LogP contribution in [0.3, 0.4) is 0 Å². The number of methoxy groups -OCH3 is 2. The number of carbonyl (C=O) groups is 2. The Hall–Kier alpha value is -3.62. The number of ketones is 2. The highest BCUT2D eigenvalue weighted by atomic mass is 16.5. The molecule has 188 valence electrons. The quantitative estimate of drug-likeness (QED) is 0.212. The lowest BCUT2D eigenvalue weighted by molar-refractivity contribution is -0.121. The molecule has 0 unspecified atom stereocenters. The highest BCUT2D eigenvalue weighted by Gasteiger charge is 2.08. The van der Waals surface area contributed by atoms with Crippen molar-refractivity contribution in [2.45, 2.75) is 19.3 Å². The second-order valence-corrected chi connectivity index (χ2v) is 7.45. The second kappa shape index (κ2) is 15.3. The Morgan fingerprint density at radius 2 is 1.14 bits per heavy atom. The van der Waals surface area contributed by atoms with Crippen LogP contribution in [-0.4, -0.2) is 62.4 Å². The van der Waals surface area contributed by atoms with Gasteiger partial charge in [-0.15, -0.1) is 0 Å². The topological polar surface area (TPSA) is 112 Å². The summed E-state index contributed by atoms with van der Waals surface area (Å²) in [6.45, 7) is 0.818. The van der Waals surface area contributed by atoms with E-state index in [1.807, 2.05) is 0 Å². The number of rotatable bonds is 16. The monoisotopic (exact) mass is 484 g/mol. The van der Waals surface area contributed by atoms with Crippen LogP contribution < -0.4 is 18.9 Å². The smallest absolute Gasteiger partial charge is 0.163 e. The Labute approximate surface area is 205 Å². The van der Waals surface area contributed by atoms with E-state index >= 15 is 0 Å². The normalized spacial score (nSPS) is 11.1. The van der Waals surface area contributed by atoms with Gasteiger partial charge in [0, 0.05) is 26.1 Å². The van der Waals surface area contributed by atoms with Crippen molar-refractivity contribution < 1.29 is 38.7 Å². The standard InChI is InChI=1S/C27H32O8/c1-32-26-17-20(7-11-24(26)34-15-3-13-28)5-9-22(30)19-23(31)10-6-21-8-12-25(27(18-21)33-2)35-16-4-14-29/h5-12,17-18,28-29H,3-4,13-16,19H2,1-2H3/b9-5+,10-6+. The lowest BCUT2D eigenvalue weighted by Crippen LogP contribution is -2.02. The minimum Gasteiger partial charge on any atom is -0.493 e. The fourth-order valence-corrected chi connectivity index (χ4v) is 2.98. The van der Waals surface area contributed by atoms with Gasteiger partial charge in [0.2, 0.25) is 0 Å². The van der Waals surface area contributed by atoms with Crippen LogP contribution in [0.1, 0.15) is 30.4 Å². The Balaban J connectivity index is 1.93. The van der Waals surface area contributed by atoms with E-state index in [2.05, 4.69) is 0 Å². The van der Waals surface area contributed by atoms with E-state index in [-0.39, 0.29) is 31.2 Å². The molecule has 0 radical (unpaired) electrons. The van der Waals surface area contributed by atoms with Crippen LogP contribution in [0, 0.1) is 0 Å². The van der Waals surface area contributed by atoms with Gasteiger partial charge in [-0.2, -0.15) is 0 Å². The predicted octanol–water partition coefficient (Wildman–Crippen LogP) is 3.48. The van der Waals surface area contributed by atoms with Crippen molar-refractivity contribution in [2.75, 3.05) is 40.6 Å². The molecule has 0 heterocycles. The number of aliphatic hydroxyl groups is 2. The molecule has 0 amide bonds. The molecule has 0 atom stereocenters. The lowest BCUT2D eigenvalue weighted by atomic mass is 10.1. The number of hydrogen-bond acceptors (Lipinski definition) is 8. The molecule has 2 aromatic rings. The molecule has 0 bridgehead atoms. The van der Waals surface area contributed by atoms with E-state index in [4.69, 9.17) is 29.2 Å². The largest absolute Gasteiger partial charge is 0.493 e. The van der Waals surface area contributed by atoms with Crippen LogP contribution in [-0.2, 0) is 9.59 Å². The molecule has 8 nitrogen and oxygen atoms in total. The molecule has 0 spiro atoms. The first kappa shape index (κ1) is 27.6. The zero-order chi connectivity index (χ0) is 25.5. The van der Waals surface area contributed by atoms with Gasteiger partial charge in [-0.1, -0.05) is 24.3 Å². The van der Waals surface area contributed by atoms with E-state index in [0.29, 0.717) is 49.1 Å². The summed E-state index contributed by atoms with van der Waals surface area (Å²) in [7, 11) is 3.04. The Bertz CT molecular complexity index is 944. The van der Waals surface area contributed by atoms with E-state index < -0.39 is 0 Å². The first-order valence-electron chi connectivity index (χ1n) is 11.3. The van der Waals surface area contributed by atoms with Gasteiger partial charge in [-0.25, -0.2) is 0 Å². The van der Waals surface area contributed by atoms with Crippen LogP contribution in [0.15, 0.2) is 48.6 Å². The Morgan fingerprint density at radius 3 is 1.51 bits per heavy atom. The molecule has 0 saturated heterocycles. The summed E-state index contributed by atoms with van der Waals surface area (Å²) in [5.41, 5.74) is 1.45. The van der Waals surface area contributed by atoms with E-state index in [1.165, 1.54) is 26.4 Å². The summed E-state index contributed by atoms with van der Waals surface area (Å²) < 4.78 is 21.7. The molecular formula is C27H32O8. The zero-order valence-electron chi connectivity index (χ0n) is 20.1. The fourth-order valence-electron chi connectivity index (χ4n) is 2.98. The lowest BCUT2D eigenvalue weighted by Gasteiger charge is -2.10. The molecule has 8 heteroatoms. The summed E-state index contributed by atoms with van der Waals surface area (Å²) in [4.78, 5) is 24.5. The number of benzene rings is 2. The van der Waals surface area contributed by atoms with Crippen molar-refractivity contribution >= 4 is 23.7 Å². The first-order chi connectivity index (χ1) is 17.0. The summed E-state index contributed by atoms with van der Waals surface area (Å²) in [6.07, 6.45) is 6.70. The maximum atomic E-state index is 12.2. The third-order valence-corrected chi connectivity index (χ3v) is 4.77. The Morgan fingerprint density at radius 1 is 0.714 bits per heavy atom. The minimum atomic E-state index is -0.327. The molecule has 2 rings (SSSR count). The van der Waals surface area contributed by atoms with Crippen LogP contribution in [0.2, 0.25) is 0 Å². The maximum Gasteiger partial charge on any atom is 0.163 e. The van der Waals surface area contributed by atoms with Gasteiger partial charge in [-0.05, 0) is 47.5 Å². The number of carbonyl (C=O) groups excluding carboxylic acids is 2. The van der Waals surface area contributed by atoms with E-state index in [9.17, 15) is 9.59 Å². The van der Waals surface area contributed by atoms with Gasteiger partial charge >= 0.3 is 0 Å². The molecule has 0 aromatic heterocycles. The van der Waals surface area contributed by atoms with Crippen molar-refractivity contribution in [1.82, 2.24) is 0 Å². The molecule has 0 fully saturated rings. The van der Waals surface area contributed by atoms with Crippen molar-refractivity contribution in [2.24, 2.45) is 0 Å². The molecule has 0 aliphatic rings. The maximum absolute atomic E-state index is 12.2. The summed E-state index contributed by atoms with van der Waals surface area (Å²) in [6, 6.07) is 10.4. The molecule has 35 heavy (non-hydrogen) atoms. The van der Waals surface area contributed by atoms with Gasteiger partial charge < -0.3 is 29.2 Å². The minimum absolute atomic E-state index is 0.0424. The van der Waals surface area contributed by atoms with Gasteiger partial charge in [0.15, 0.2) is 34.6 Å². The SMILES string of the molecule is COc1cc(/C=C/C(=O)CC(=O)/C=C/c2ccc(OCCCO)c(OC)c2)ccc1OCCCO. The molecule has 2 aromatic carbocycles. The van der Waals surface area contributed by atoms with Crippen LogP contribution in [0.5, 0.6) is 23.0 Å². The van der Waals surface area contributed by atoms with Crippen molar-refractivity contribution in [3.05, 3.63) is 59.7 Å². The number of allylic oxidation sites excluding steroid dienone is 2. The molecule has 2 N–H and O–H groups in total. The first-order valence-corrected chi connectivity index (χ1v) is 11.3. The van der Waals surface area contributed by atoms with Crippen molar-refractivity contribution in [3.8, 4) is 23.0 Å². The van der Waals surface area contributed by atoms with Crippen molar-refractivity contribution in [1.29, 1.82) is 0 Å². The Kier molecular flexibility index (Phi) is 12.1. The number of hydrogen-bond donors (Lipinski definition) is 2. The third kappa shape index (κ3) is 9.64. The molecule has 0 aliphatic carbocycles. The summed E-state index contributed by atoms with van der Waals surface area (Å²) in [5, 5.41) is 17.7. The van der Waals surface area contributed by atoms with E-state index in [0.717, 1.165) is 11.1 Å². The summed E-state index contributed by atoms with van der Waals surface area (Å²) in [5.74, 6) is 1.46. The van der Waals surface area contributed by atoms with Gasteiger partial charge in [-0.3, -0.25) is 9.59 Å². The zero-order valence-corrected chi connectivity index (χ0v) is 20.1. The highest BCUT2D eigenvalue weighted by Crippen LogP contribution is 2.29.